The Bertz CT molecular complexity index is 341. The van der Waals surface area contributed by atoms with Crippen molar-refractivity contribution in [2.45, 2.75) is 19.4 Å². The molecule has 0 bridgehead atoms. The maximum atomic E-state index is 11.3. The van der Waals surface area contributed by atoms with Crippen LogP contribution in [0, 0.1) is 0 Å². The predicted octanol–water partition coefficient (Wildman–Crippen LogP) is 1.87. The topological polar surface area (TPSA) is 55.1 Å². The van der Waals surface area contributed by atoms with Crippen molar-refractivity contribution in [1.29, 1.82) is 0 Å². The largest absolute Gasteiger partial charge is 0.349 e. The number of nitrogens with two attached hydrogens (primary N) is 1. The van der Waals surface area contributed by atoms with Gasteiger partial charge in [-0.1, -0.05) is 29.8 Å². The molecular formula is C11H15ClN2O. The number of benzene rings is 1. The minimum Gasteiger partial charge on any atom is -0.349 e. The van der Waals surface area contributed by atoms with E-state index in [0.29, 0.717) is 18.0 Å². The summed E-state index contributed by atoms with van der Waals surface area (Å²) in [4.78, 5) is 11.3. The SMILES string of the molecule is C[C@H](NC(=O)CCN)c1ccccc1Cl. The molecule has 82 valence electrons. The highest BCUT2D eigenvalue weighted by molar-refractivity contribution is 6.31. The van der Waals surface area contributed by atoms with Crippen molar-refractivity contribution >= 4 is 17.5 Å². The molecule has 3 N–H and O–H groups in total. The molecule has 0 fully saturated rings. The Morgan fingerprint density at radius 1 is 1.53 bits per heavy atom. The number of hydrogen-bond donors (Lipinski definition) is 2. The molecule has 0 saturated carbocycles. The molecule has 1 aromatic carbocycles. The molecule has 0 aromatic heterocycles. The summed E-state index contributed by atoms with van der Waals surface area (Å²) in [6.45, 7) is 2.26. The Labute approximate surface area is 94.6 Å². The Hall–Kier alpha value is -1.06. The van der Waals surface area contributed by atoms with E-state index in [1.807, 2.05) is 31.2 Å². The van der Waals surface area contributed by atoms with Crippen molar-refractivity contribution < 1.29 is 4.79 Å². The van der Waals surface area contributed by atoms with Gasteiger partial charge in [0.25, 0.3) is 0 Å². The van der Waals surface area contributed by atoms with Crippen LogP contribution in [0.4, 0.5) is 0 Å². The van der Waals surface area contributed by atoms with Crippen molar-refractivity contribution in [3.05, 3.63) is 34.9 Å². The third-order valence-electron chi connectivity index (χ3n) is 2.12. The molecule has 3 nitrogen and oxygen atoms in total. The standard InChI is InChI=1S/C11H15ClN2O/c1-8(14-11(15)6-7-13)9-4-2-3-5-10(9)12/h2-5,8H,6-7,13H2,1H3,(H,14,15)/t8-/m0/s1. The lowest BCUT2D eigenvalue weighted by Gasteiger charge is -2.15. The van der Waals surface area contributed by atoms with Gasteiger partial charge in [-0.15, -0.1) is 0 Å². The molecule has 1 rings (SSSR count). The molecule has 1 aromatic rings. The van der Waals surface area contributed by atoms with E-state index < -0.39 is 0 Å². The highest BCUT2D eigenvalue weighted by atomic mass is 35.5. The molecule has 0 aliphatic carbocycles. The fourth-order valence-corrected chi connectivity index (χ4v) is 1.65. The van der Waals surface area contributed by atoms with Crippen LogP contribution >= 0.6 is 11.6 Å². The second-order valence-electron chi connectivity index (χ2n) is 3.35. The Kier molecular flexibility index (Phi) is 4.59. The first-order valence-corrected chi connectivity index (χ1v) is 5.26. The van der Waals surface area contributed by atoms with Gasteiger partial charge in [0.15, 0.2) is 0 Å². The first-order chi connectivity index (χ1) is 7.15. The summed E-state index contributed by atoms with van der Waals surface area (Å²) in [5.74, 6) is -0.0510. The van der Waals surface area contributed by atoms with E-state index in [9.17, 15) is 4.79 Å². The Balaban J connectivity index is 2.65. The van der Waals surface area contributed by atoms with Gasteiger partial charge in [0.1, 0.15) is 0 Å². The minimum absolute atomic E-state index is 0.0510. The zero-order valence-corrected chi connectivity index (χ0v) is 9.42. The molecule has 0 aliphatic heterocycles. The minimum atomic E-state index is -0.0854. The highest BCUT2D eigenvalue weighted by Crippen LogP contribution is 2.21. The van der Waals surface area contributed by atoms with Crippen LogP contribution in [-0.4, -0.2) is 12.5 Å². The molecule has 1 atom stereocenters. The third kappa shape index (κ3) is 3.53. The molecular weight excluding hydrogens is 212 g/mol. The average molecular weight is 227 g/mol. The van der Waals surface area contributed by atoms with Gasteiger partial charge in [0, 0.05) is 18.0 Å². The van der Waals surface area contributed by atoms with Crippen LogP contribution in [0.1, 0.15) is 24.9 Å². The Morgan fingerprint density at radius 3 is 2.80 bits per heavy atom. The van der Waals surface area contributed by atoms with Gasteiger partial charge < -0.3 is 11.1 Å². The quantitative estimate of drug-likeness (QED) is 0.824. The maximum Gasteiger partial charge on any atom is 0.221 e. The van der Waals surface area contributed by atoms with Gasteiger partial charge >= 0.3 is 0 Å². The van der Waals surface area contributed by atoms with Crippen molar-refractivity contribution in [2.75, 3.05) is 6.54 Å². The van der Waals surface area contributed by atoms with E-state index >= 15 is 0 Å². The Morgan fingerprint density at radius 2 is 2.20 bits per heavy atom. The fraction of sp³-hybridized carbons (Fsp3) is 0.364. The fourth-order valence-electron chi connectivity index (χ4n) is 1.35. The molecule has 0 unspecified atom stereocenters. The molecule has 0 aliphatic rings. The first-order valence-electron chi connectivity index (χ1n) is 4.89. The maximum absolute atomic E-state index is 11.3. The summed E-state index contributed by atoms with van der Waals surface area (Å²) >= 11 is 6.00. The van der Waals surface area contributed by atoms with Crippen molar-refractivity contribution in [3.8, 4) is 0 Å². The van der Waals surface area contributed by atoms with E-state index in [1.54, 1.807) is 0 Å². The van der Waals surface area contributed by atoms with Crippen molar-refractivity contribution in [2.24, 2.45) is 5.73 Å². The predicted molar refractivity (Wildman–Crippen MR) is 61.7 cm³/mol. The van der Waals surface area contributed by atoms with E-state index in [1.165, 1.54) is 0 Å². The van der Waals surface area contributed by atoms with Gasteiger partial charge in [-0.05, 0) is 18.6 Å². The number of rotatable bonds is 4. The average Bonchev–Trinajstić information content (AvgIpc) is 2.18. The summed E-state index contributed by atoms with van der Waals surface area (Å²) in [5.41, 5.74) is 6.21. The first kappa shape index (κ1) is 12.0. The van der Waals surface area contributed by atoms with Crippen LogP contribution < -0.4 is 11.1 Å². The van der Waals surface area contributed by atoms with Gasteiger partial charge in [-0.2, -0.15) is 0 Å². The monoisotopic (exact) mass is 226 g/mol. The van der Waals surface area contributed by atoms with Gasteiger partial charge in [-0.3, -0.25) is 4.79 Å². The zero-order valence-electron chi connectivity index (χ0n) is 8.66. The van der Waals surface area contributed by atoms with Crippen LogP contribution in [0.25, 0.3) is 0 Å². The van der Waals surface area contributed by atoms with Crippen molar-refractivity contribution in [1.82, 2.24) is 5.32 Å². The van der Waals surface area contributed by atoms with Gasteiger partial charge in [-0.25, -0.2) is 0 Å². The second kappa shape index (κ2) is 5.73. The third-order valence-corrected chi connectivity index (χ3v) is 2.46. The zero-order chi connectivity index (χ0) is 11.3. The number of halogens is 1. The number of nitrogens with one attached hydrogen (secondary N) is 1. The van der Waals surface area contributed by atoms with E-state index in [-0.39, 0.29) is 11.9 Å². The van der Waals surface area contributed by atoms with Crippen LogP contribution in [0.5, 0.6) is 0 Å². The number of amides is 1. The molecule has 0 heterocycles. The number of carbonyl (C=O) groups is 1. The van der Waals surface area contributed by atoms with Crippen molar-refractivity contribution in [3.63, 3.8) is 0 Å². The van der Waals surface area contributed by atoms with Gasteiger partial charge in [0.05, 0.1) is 6.04 Å². The number of carbonyl (C=O) groups excluding carboxylic acids is 1. The normalized spacial score (nSPS) is 12.2. The molecule has 4 heteroatoms. The van der Waals surface area contributed by atoms with Crippen LogP contribution in [0.3, 0.4) is 0 Å². The summed E-state index contributed by atoms with van der Waals surface area (Å²) in [5, 5.41) is 3.50. The lowest BCUT2D eigenvalue weighted by Crippen LogP contribution is -2.28. The summed E-state index contributed by atoms with van der Waals surface area (Å²) in [6.07, 6.45) is 0.342. The van der Waals surface area contributed by atoms with Crippen LogP contribution in [-0.2, 0) is 4.79 Å². The molecule has 1 amide bonds. The molecule has 15 heavy (non-hydrogen) atoms. The summed E-state index contributed by atoms with van der Waals surface area (Å²) in [6, 6.07) is 7.38. The highest BCUT2D eigenvalue weighted by Gasteiger charge is 2.11. The van der Waals surface area contributed by atoms with Crippen LogP contribution in [0.15, 0.2) is 24.3 Å². The smallest absolute Gasteiger partial charge is 0.221 e. The summed E-state index contributed by atoms with van der Waals surface area (Å²) in [7, 11) is 0. The van der Waals surface area contributed by atoms with E-state index in [2.05, 4.69) is 5.32 Å². The molecule has 0 saturated heterocycles. The summed E-state index contributed by atoms with van der Waals surface area (Å²) < 4.78 is 0. The van der Waals surface area contributed by atoms with Gasteiger partial charge in [0.2, 0.25) is 5.91 Å². The van der Waals surface area contributed by atoms with E-state index in [4.69, 9.17) is 17.3 Å². The van der Waals surface area contributed by atoms with Crippen LogP contribution in [0.2, 0.25) is 5.02 Å². The molecule has 0 radical (unpaired) electrons. The van der Waals surface area contributed by atoms with E-state index in [0.717, 1.165) is 5.56 Å². The lowest BCUT2D eigenvalue weighted by molar-refractivity contribution is -0.121. The lowest BCUT2D eigenvalue weighted by atomic mass is 10.1. The number of hydrogen-bond acceptors (Lipinski definition) is 2. The molecule has 0 spiro atoms. The second-order valence-corrected chi connectivity index (χ2v) is 3.76.